The van der Waals surface area contributed by atoms with Crippen LogP contribution in [0.5, 0.6) is 0 Å². The van der Waals surface area contributed by atoms with E-state index in [-0.39, 0.29) is 13.0 Å². The molecule has 1 amide bonds. The van der Waals surface area contributed by atoms with E-state index in [9.17, 15) is 35.1 Å². The highest BCUT2D eigenvalue weighted by atomic mass is 16.7. The molecule has 1 fully saturated rings. The normalized spacial score (nSPS) is 18.7. The van der Waals surface area contributed by atoms with Gasteiger partial charge in [0.15, 0.2) is 12.4 Å². The highest BCUT2D eigenvalue weighted by Crippen LogP contribution is 2.26. The summed E-state index contributed by atoms with van der Waals surface area (Å²) in [5, 5.41) is 57.3. The lowest BCUT2D eigenvalue weighted by atomic mass is 9.99. The molecule has 1 heterocycles. The Hall–Kier alpha value is -2.64. The quantitative estimate of drug-likeness (QED) is 0.0195. The van der Waals surface area contributed by atoms with Crippen molar-refractivity contribution >= 4 is 11.9 Å². The van der Waals surface area contributed by atoms with Gasteiger partial charge in [-0.1, -0.05) is 300 Å². The Kier molecular flexibility index (Phi) is 58.2. The smallest absolute Gasteiger partial charge is 0.306 e. The maximum atomic E-state index is 13.5. The number of amides is 1. The average molecular weight is 1200 g/mol. The Balaban J connectivity index is 2.60. The van der Waals surface area contributed by atoms with Crippen LogP contribution >= 0.6 is 0 Å². The molecule has 1 aliphatic heterocycles. The molecular formula is C74H135NO10. The van der Waals surface area contributed by atoms with Gasteiger partial charge in [-0.15, -0.1) is 0 Å². The van der Waals surface area contributed by atoms with E-state index in [1.807, 2.05) is 6.08 Å². The number of nitrogens with one attached hydrogen (secondary N) is 1. The molecule has 0 aromatic carbocycles. The largest absolute Gasteiger partial charge is 0.454 e. The summed E-state index contributed by atoms with van der Waals surface area (Å²) in [7, 11) is 0. The van der Waals surface area contributed by atoms with Crippen molar-refractivity contribution in [2.45, 2.75) is 384 Å². The fourth-order valence-corrected chi connectivity index (χ4v) is 11.2. The molecule has 8 unspecified atom stereocenters. The highest BCUT2D eigenvalue weighted by molar-refractivity contribution is 5.80. The number of ether oxygens (including phenoxy) is 3. The van der Waals surface area contributed by atoms with Gasteiger partial charge in [0.05, 0.1) is 25.4 Å². The lowest BCUT2D eigenvalue weighted by Crippen LogP contribution is -2.61. The molecule has 0 radical (unpaired) electrons. The van der Waals surface area contributed by atoms with E-state index < -0.39 is 67.4 Å². The minimum atomic E-state index is -1.62. The van der Waals surface area contributed by atoms with Crippen molar-refractivity contribution in [2.24, 2.45) is 0 Å². The lowest BCUT2D eigenvalue weighted by molar-refractivity contribution is -0.305. The van der Waals surface area contributed by atoms with Gasteiger partial charge < -0.3 is 45.1 Å². The number of aliphatic hydroxyl groups is 5. The van der Waals surface area contributed by atoms with Crippen LogP contribution in [0.25, 0.3) is 0 Å². The van der Waals surface area contributed by atoms with E-state index in [1.54, 1.807) is 6.08 Å². The van der Waals surface area contributed by atoms with Gasteiger partial charge in [-0.2, -0.15) is 0 Å². The number of unbranched alkanes of at least 4 members (excludes halogenated alkanes) is 40. The van der Waals surface area contributed by atoms with Gasteiger partial charge in [0, 0.05) is 6.42 Å². The number of hydrogen-bond donors (Lipinski definition) is 6. The van der Waals surface area contributed by atoms with Gasteiger partial charge in [0.1, 0.15) is 24.4 Å². The Morgan fingerprint density at radius 1 is 0.459 bits per heavy atom. The molecule has 85 heavy (non-hydrogen) atoms. The van der Waals surface area contributed by atoms with Crippen LogP contribution < -0.4 is 5.32 Å². The monoisotopic (exact) mass is 1200 g/mol. The predicted molar refractivity (Wildman–Crippen MR) is 356 cm³/mol. The van der Waals surface area contributed by atoms with Crippen LogP contribution in [0, 0.1) is 0 Å². The SMILES string of the molecule is CCCCC/C=C\C/C=C\C/C=C\CCCCCCCCCCC(=O)OC1C(OCC(NC(=O)C(O)CCCCCCCCCCCCCC/C=C/CCCCCCCC)C(O)/C=C/CCCCCCCCCCCCC)OC(CO)C(O)C1O. The van der Waals surface area contributed by atoms with Gasteiger partial charge in [0.25, 0.3) is 0 Å². The van der Waals surface area contributed by atoms with Crippen molar-refractivity contribution in [3.63, 3.8) is 0 Å². The summed E-state index contributed by atoms with van der Waals surface area (Å²) in [4.78, 5) is 26.7. The first-order valence-electron chi connectivity index (χ1n) is 36.1. The van der Waals surface area contributed by atoms with E-state index in [0.717, 1.165) is 83.5 Å². The zero-order chi connectivity index (χ0) is 61.7. The van der Waals surface area contributed by atoms with Crippen LogP contribution in [0.1, 0.15) is 335 Å². The predicted octanol–water partition coefficient (Wildman–Crippen LogP) is 18.5. The number of rotatable bonds is 62. The third-order valence-electron chi connectivity index (χ3n) is 16.9. The van der Waals surface area contributed by atoms with Crippen LogP contribution in [-0.2, 0) is 23.8 Å². The summed E-state index contributed by atoms with van der Waals surface area (Å²) in [6.45, 7) is 5.80. The zero-order valence-corrected chi connectivity index (χ0v) is 55.2. The van der Waals surface area contributed by atoms with Crippen LogP contribution in [-0.4, -0.2) is 99.6 Å². The number of aliphatic hydroxyl groups excluding tert-OH is 5. The van der Waals surface area contributed by atoms with Crippen molar-refractivity contribution in [1.82, 2.24) is 5.32 Å². The molecule has 0 saturated carbocycles. The van der Waals surface area contributed by atoms with Crippen LogP contribution in [0.3, 0.4) is 0 Å². The molecule has 0 aromatic heterocycles. The molecule has 6 N–H and O–H groups in total. The molecule has 0 aromatic rings. The molecule has 0 spiro atoms. The van der Waals surface area contributed by atoms with Crippen LogP contribution in [0.15, 0.2) is 60.8 Å². The summed E-state index contributed by atoms with van der Waals surface area (Å²) < 4.78 is 17.7. The lowest BCUT2D eigenvalue weighted by Gasteiger charge is -2.41. The Morgan fingerprint density at radius 2 is 0.812 bits per heavy atom. The van der Waals surface area contributed by atoms with Gasteiger partial charge in [0.2, 0.25) is 5.91 Å². The van der Waals surface area contributed by atoms with Gasteiger partial charge in [-0.3, -0.25) is 9.59 Å². The Labute approximate surface area is 522 Å². The van der Waals surface area contributed by atoms with Crippen LogP contribution in [0.4, 0.5) is 0 Å². The first-order valence-corrected chi connectivity index (χ1v) is 36.1. The van der Waals surface area contributed by atoms with E-state index >= 15 is 0 Å². The third kappa shape index (κ3) is 48.9. The number of carbonyl (C=O) groups excluding carboxylic acids is 2. The average Bonchev–Trinajstić information content (AvgIpc) is 2.48. The maximum absolute atomic E-state index is 13.5. The third-order valence-corrected chi connectivity index (χ3v) is 16.9. The first-order chi connectivity index (χ1) is 41.7. The van der Waals surface area contributed by atoms with Gasteiger partial charge in [-0.05, 0) is 89.9 Å². The number of carbonyl (C=O) groups is 2. The molecule has 0 bridgehead atoms. The minimum absolute atomic E-state index is 0.115. The molecule has 1 rings (SSSR count). The summed E-state index contributed by atoms with van der Waals surface area (Å²) in [5.41, 5.74) is 0. The molecule has 11 heteroatoms. The van der Waals surface area contributed by atoms with Crippen molar-refractivity contribution in [2.75, 3.05) is 13.2 Å². The van der Waals surface area contributed by atoms with Gasteiger partial charge >= 0.3 is 5.97 Å². The molecule has 0 aliphatic carbocycles. The molecule has 8 atom stereocenters. The number of allylic oxidation sites excluding steroid dienone is 9. The first kappa shape index (κ1) is 80.4. The zero-order valence-electron chi connectivity index (χ0n) is 55.2. The summed E-state index contributed by atoms with van der Waals surface area (Å²) in [5.74, 6) is -1.19. The van der Waals surface area contributed by atoms with E-state index in [1.165, 1.54) is 205 Å². The second kappa shape index (κ2) is 61.6. The number of hydrogen-bond acceptors (Lipinski definition) is 10. The fraction of sp³-hybridized carbons (Fsp3) is 0.838. The maximum Gasteiger partial charge on any atom is 0.306 e. The topological polar surface area (TPSA) is 175 Å². The van der Waals surface area contributed by atoms with Crippen molar-refractivity contribution in [3.8, 4) is 0 Å². The van der Waals surface area contributed by atoms with Crippen molar-refractivity contribution in [3.05, 3.63) is 60.8 Å². The minimum Gasteiger partial charge on any atom is -0.454 e. The Bertz CT molecular complexity index is 1620. The van der Waals surface area contributed by atoms with Crippen LogP contribution in [0.2, 0.25) is 0 Å². The fourth-order valence-electron chi connectivity index (χ4n) is 11.2. The summed E-state index contributed by atoms with van der Waals surface area (Å²) in [6, 6.07) is -1.03. The second-order valence-electron chi connectivity index (χ2n) is 25.0. The second-order valence-corrected chi connectivity index (χ2v) is 25.0. The van der Waals surface area contributed by atoms with E-state index in [2.05, 4.69) is 74.7 Å². The highest BCUT2D eigenvalue weighted by Gasteiger charge is 2.47. The van der Waals surface area contributed by atoms with E-state index in [4.69, 9.17) is 14.2 Å². The molecular weight excluding hydrogens is 1060 g/mol. The standard InChI is InChI=1S/C74H135NO10/c1-4-7-10-13-16-19-22-25-27-29-31-33-35-36-38-40-43-46-49-52-55-58-61-67(78)73(82)75-65(66(77)60-57-54-51-48-45-42-24-21-18-15-12-9-6-3)64-83-74-72(71(81)70(80)68(63-76)84-74)85-69(79)62-59-56-53-50-47-44-41-39-37-34-32-30-28-26-23-20-17-14-11-8-5-2/h17,20,25-28,32,34,57,60,65-68,70-72,74,76-78,80-81H,4-16,18-19,21-24,29-31,33,35-56,58-59,61-64H2,1-3H3,(H,75,82)/b20-17-,27-25+,28-26-,34-32-,60-57+. The Morgan fingerprint density at radius 3 is 1.25 bits per heavy atom. The molecule has 11 nitrogen and oxygen atoms in total. The summed E-state index contributed by atoms with van der Waals surface area (Å²) in [6.07, 6.45) is 68.2. The number of esters is 1. The van der Waals surface area contributed by atoms with Crippen molar-refractivity contribution in [1.29, 1.82) is 0 Å². The molecule has 1 saturated heterocycles. The van der Waals surface area contributed by atoms with Crippen molar-refractivity contribution < 1.29 is 49.3 Å². The molecule has 1 aliphatic rings. The van der Waals surface area contributed by atoms with Gasteiger partial charge in [-0.25, -0.2) is 0 Å². The summed E-state index contributed by atoms with van der Waals surface area (Å²) >= 11 is 0. The molecule has 496 valence electrons. The van der Waals surface area contributed by atoms with E-state index in [0.29, 0.717) is 19.3 Å².